The van der Waals surface area contributed by atoms with E-state index in [1.54, 1.807) is 24.0 Å². The lowest BCUT2D eigenvalue weighted by Crippen LogP contribution is -2.36. The van der Waals surface area contributed by atoms with Gasteiger partial charge < -0.3 is 20.1 Å². The van der Waals surface area contributed by atoms with Crippen molar-refractivity contribution in [2.75, 3.05) is 44.2 Å². The van der Waals surface area contributed by atoms with Crippen LogP contribution in [-0.4, -0.2) is 53.7 Å². The van der Waals surface area contributed by atoms with Gasteiger partial charge in [0.15, 0.2) is 5.82 Å². The van der Waals surface area contributed by atoms with Crippen LogP contribution < -0.4 is 16.2 Å². The van der Waals surface area contributed by atoms with Crippen LogP contribution in [0.5, 0.6) is 0 Å². The standard InChI is InChI=1S/C12H21N5O/c1-15-8-4-14-11(12(15)18)17-6-2-5-16(7-3-13)9-10-17/h4,8H,2-3,5-7,9-10,13H2,1H3. The zero-order valence-electron chi connectivity index (χ0n) is 10.9. The predicted octanol–water partition coefficient (Wildman–Crippen LogP) is -0.749. The van der Waals surface area contributed by atoms with Crippen molar-refractivity contribution >= 4 is 5.82 Å². The summed E-state index contributed by atoms with van der Waals surface area (Å²) >= 11 is 0. The molecule has 0 amide bonds. The number of nitrogens with two attached hydrogens (primary N) is 1. The third kappa shape index (κ3) is 2.88. The number of nitrogens with zero attached hydrogens (tertiary/aromatic N) is 4. The summed E-state index contributed by atoms with van der Waals surface area (Å²) in [5.41, 5.74) is 5.56. The molecule has 1 aliphatic rings. The maximum atomic E-state index is 12.0. The van der Waals surface area contributed by atoms with E-state index in [2.05, 4.69) is 14.8 Å². The topological polar surface area (TPSA) is 67.4 Å². The Hall–Kier alpha value is -1.40. The van der Waals surface area contributed by atoms with Crippen molar-refractivity contribution in [3.63, 3.8) is 0 Å². The maximum absolute atomic E-state index is 12.0. The number of aryl methyl sites for hydroxylation is 1. The van der Waals surface area contributed by atoms with E-state index in [0.717, 1.165) is 39.1 Å². The quantitative estimate of drug-likeness (QED) is 0.766. The van der Waals surface area contributed by atoms with Gasteiger partial charge in [-0.3, -0.25) is 4.79 Å². The van der Waals surface area contributed by atoms with Crippen molar-refractivity contribution in [2.45, 2.75) is 6.42 Å². The van der Waals surface area contributed by atoms with E-state index in [-0.39, 0.29) is 5.56 Å². The van der Waals surface area contributed by atoms with Gasteiger partial charge in [-0.05, 0) is 13.0 Å². The molecule has 2 heterocycles. The zero-order chi connectivity index (χ0) is 13.0. The summed E-state index contributed by atoms with van der Waals surface area (Å²) in [7, 11) is 1.76. The normalized spacial score (nSPS) is 17.8. The molecule has 0 saturated carbocycles. The SMILES string of the molecule is Cn1ccnc(N2CCCN(CCN)CC2)c1=O. The van der Waals surface area contributed by atoms with Gasteiger partial charge in [0.05, 0.1) is 0 Å². The molecule has 0 aromatic carbocycles. The van der Waals surface area contributed by atoms with Crippen molar-refractivity contribution < 1.29 is 0 Å². The minimum absolute atomic E-state index is 0.0234. The molecule has 0 atom stereocenters. The Kier molecular flexibility index (Phi) is 4.33. The summed E-state index contributed by atoms with van der Waals surface area (Å²) in [6.45, 7) is 5.32. The average molecular weight is 251 g/mol. The number of rotatable bonds is 3. The smallest absolute Gasteiger partial charge is 0.293 e. The minimum atomic E-state index is -0.0234. The Morgan fingerprint density at radius 3 is 2.94 bits per heavy atom. The Morgan fingerprint density at radius 1 is 1.33 bits per heavy atom. The largest absolute Gasteiger partial charge is 0.351 e. The van der Waals surface area contributed by atoms with Crippen molar-refractivity contribution in [1.82, 2.24) is 14.5 Å². The monoisotopic (exact) mass is 251 g/mol. The molecule has 0 spiro atoms. The summed E-state index contributed by atoms with van der Waals surface area (Å²) in [6.07, 6.45) is 4.41. The van der Waals surface area contributed by atoms with E-state index < -0.39 is 0 Å². The molecule has 1 aromatic rings. The predicted molar refractivity (Wildman–Crippen MR) is 71.8 cm³/mol. The second-order valence-electron chi connectivity index (χ2n) is 4.64. The maximum Gasteiger partial charge on any atom is 0.293 e. The summed E-state index contributed by atoms with van der Waals surface area (Å²) in [6, 6.07) is 0. The fourth-order valence-electron chi connectivity index (χ4n) is 2.29. The van der Waals surface area contributed by atoms with Crippen LogP contribution in [0.25, 0.3) is 0 Å². The van der Waals surface area contributed by atoms with Crippen molar-refractivity contribution in [2.24, 2.45) is 12.8 Å². The molecule has 0 bridgehead atoms. The van der Waals surface area contributed by atoms with E-state index >= 15 is 0 Å². The van der Waals surface area contributed by atoms with Crippen LogP contribution in [0.15, 0.2) is 17.2 Å². The van der Waals surface area contributed by atoms with Gasteiger partial charge in [-0.2, -0.15) is 0 Å². The van der Waals surface area contributed by atoms with Crippen LogP contribution in [-0.2, 0) is 7.05 Å². The zero-order valence-corrected chi connectivity index (χ0v) is 10.9. The lowest BCUT2D eigenvalue weighted by Gasteiger charge is -2.21. The molecular formula is C12H21N5O. The molecule has 2 rings (SSSR count). The molecule has 1 fully saturated rings. The second kappa shape index (κ2) is 5.97. The van der Waals surface area contributed by atoms with Gasteiger partial charge in [-0.15, -0.1) is 0 Å². The fourth-order valence-corrected chi connectivity index (χ4v) is 2.29. The van der Waals surface area contributed by atoms with E-state index in [4.69, 9.17) is 5.73 Å². The molecule has 1 aromatic heterocycles. The fraction of sp³-hybridized carbons (Fsp3) is 0.667. The van der Waals surface area contributed by atoms with E-state index in [9.17, 15) is 4.79 Å². The molecule has 6 nitrogen and oxygen atoms in total. The summed E-state index contributed by atoms with van der Waals surface area (Å²) in [5, 5.41) is 0. The molecule has 100 valence electrons. The van der Waals surface area contributed by atoms with Crippen molar-refractivity contribution in [3.05, 3.63) is 22.7 Å². The Bertz CT molecular complexity index is 444. The number of hydrogen-bond donors (Lipinski definition) is 1. The first-order valence-corrected chi connectivity index (χ1v) is 6.41. The first-order valence-electron chi connectivity index (χ1n) is 6.41. The van der Waals surface area contributed by atoms with Crippen LogP contribution in [0.2, 0.25) is 0 Å². The molecular weight excluding hydrogens is 230 g/mol. The van der Waals surface area contributed by atoms with E-state index in [1.165, 1.54) is 0 Å². The lowest BCUT2D eigenvalue weighted by atomic mass is 10.4. The molecule has 1 aliphatic heterocycles. The van der Waals surface area contributed by atoms with Gasteiger partial charge in [0.1, 0.15) is 0 Å². The molecule has 1 saturated heterocycles. The first kappa shape index (κ1) is 13.0. The highest BCUT2D eigenvalue weighted by Crippen LogP contribution is 2.08. The van der Waals surface area contributed by atoms with Crippen LogP contribution >= 0.6 is 0 Å². The molecule has 2 N–H and O–H groups in total. The van der Waals surface area contributed by atoms with Gasteiger partial charge in [-0.1, -0.05) is 0 Å². The van der Waals surface area contributed by atoms with Crippen molar-refractivity contribution in [3.8, 4) is 0 Å². The van der Waals surface area contributed by atoms with Crippen LogP contribution in [0.3, 0.4) is 0 Å². The van der Waals surface area contributed by atoms with Crippen molar-refractivity contribution in [1.29, 1.82) is 0 Å². The van der Waals surface area contributed by atoms with Gasteiger partial charge in [-0.25, -0.2) is 4.98 Å². The van der Waals surface area contributed by atoms with Gasteiger partial charge in [0, 0.05) is 52.2 Å². The number of hydrogen-bond acceptors (Lipinski definition) is 5. The van der Waals surface area contributed by atoms with E-state index in [1.807, 2.05) is 0 Å². The van der Waals surface area contributed by atoms with E-state index in [0.29, 0.717) is 12.4 Å². The summed E-state index contributed by atoms with van der Waals surface area (Å²) in [4.78, 5) is 20.7. The third-order valence-electron chi connectivity index (χ3n) is 3.33. The highest BCUT2D eigenvalue weighted by atomic mass is 16.1. The van der Waals surface area contributed by atoms with Crippen LogP contribution in [0.4, 0.5) is 5.82 Å². The van der Waals surface area contributed by atoms with Gasteiger partial charge in [0.25, 0.3) is 5.56 Å². The Balaban J connectivity index is 2.10. The average Bonchev–Trinajstić information content (AvgIpc) is 2.59. The summed E-state index contributed by atoms with van der Waals surface area (Å²) < 4.78 is 1.57. The molecule has 0 radical (unpaired) electrons. The molecule has 0 unspecified atom stereocenters. The lowest BCUT2D eigenvalue weighted by molar-refractivity contribution is 0.302. The van der Waals surface area contributed by atoms with Crippen LogP contribution in [0, 0.1) is 0 Å². The Morgan fingerprint density at radius 2 is 2.17 bits per heavy atom. The highest BCUT2D eigenvalue weighted by molar-refractivity contribution is 5.35. The third-order valence-corrected chi connectivity index (χ3v) is 3.33. The summed E-state index contributed by atoms with van der Waals surface area (Å²) in [5.74, 6) is 0.564. The first-order chi connectivity index (χ1) is 8.72. The minimum Gasteiger partial charge on any atom is -0.351 e. The highest BCUT2D eigenvalue weighted by Gasteiger charge is 2.17. The number of anilines is 1. The molecule has 6 heteroatoms. The molecule has 18 heavy (non-hydrogen) atoms. The second-order valence-corrected chi connectivity index (χ2v) is 4.64. The van der Waals surface area contributed by atoms with Gasteiger partial charge >= 0.3 is 0 Å². The Labute approximate surface area is 107 Å². The van der Waals surface area contributed by atoms with Gasteiger partial charge in [0.2, 0.25) is 0 Å². The number of aromatic nitrogens is 2. The molecule has 0 aliphatic carbocycles. The van der Waals surface area contributed by atoms with Crippen LogP contribution in [0.1, 0.15) is 6.42 Å².